The summed E-state index contributed by atoms with van der Waals surface area (Å²) in [5, 5.41) is 19.4. The Kier molecular flexibility index (Phi) is 4.41. The summed E-state index contributed by atoms with van der Waals surface area (Å²) in [7, 11) is -3.58. The number of nitrogens with zero attached hydrogens (tertiary/aromatic N) is 4. The number of phosphoric ester groups is 1. The van der Waals surface area contributed by atoms with E-state index in [2.05, 4.69) is 14.5 Å². The Bertz CT molecular complexity index is 906. The highest BCUT2D eigenvalue weighted by Gasteiger charge is 2.48. The van der Waals surface area contributed by atoms with Gasteiger partial charge in [0.2, 0.25) is 5.95 Å². The predicted molar refractivity (Wildman–Crippen MR) is 81.1 cm³/mol. The summed E-state index contributed by atoms with van der Waals surface area (Å²) in [5.41, 5.74) is 5.04. The normalized spacial score (nSPS) is 27.2. The van der Waals surface area contributed by atoms with Crippen molar-refractivity contribution in [2.24, 2.45) is 7.05 Å². The third-order valence-corrected chi connectivity index (χ3v) is 4.38. The third-order valence-electron chi connectivity index (χ3n) is 3.86. The lowest BCUT2D eigenvalue weighted by atomic mass is 10.1. The minimum atomic E-state index is -4.98. The molecule has 6 N–H and O–H groups in total. The zero-order valence-electron chi connectivity index (χ0n) is 12.8. The summed E-state index contributed by atoms with van der Waals surface area (Å²) in [6, 6.07) is 0. The average Bonchev–Trinajstić information content (AvgIpc) is 3.06. The van der Waals surface area contributed by atoms with Crippen LogP contribution in [0.3, 0.4) is 0 Å². The molecule has 3 heterocycles. The highest BCUT2D eigenvalue weighted by Crippen LogP contribution is 2.44. The fourth-order valence-corrected chi connectivity index (χ4v) is 3.16. The minimum Gasteiger partial charge on any atom is -0.394 e. The van der Waals surface area contributed by atoms with Crippen LogP contribution < -0.4 is 11.3 Å². The van der Waals surface area contributed by atoms with E-state index in [9.17, 15) is 19.6 Å². The first-order valence-electron chi connectivity index (χ1n) is 7.01. The van der Waals surface area contributed by atoms with Crippen LogP contribution >= 0.6 is 7.82 Å². The van der Waals surface area contributed by atoms with Gasteiger partial charge in [0, 0.05) is 7.05 Å². The zero-order valence-corrected chi connectivity index (χ0v) is 13.7. The molecule has 14 heteroatoms. The molecular weight excluding hydrogens is 361 g/mol. The van der Waals surface area contributed by atoms with Gasteiger partial charge in [-0.3, -0.25) is 18.5 Å². The maximum Gasteiger partial charge on any atom is 0.470 e. The average molecular weight is 377 g/mol. The number of anilines is 1. The number of rotatable bonds is 4. The van der Waals surface area contributed by atoms with Crippen molar-refractivity contribution in [1.29, 1.82) is 0 Å². The Labute approximate surface area is 139 Å². The number of imidazole rings is 1. The highest BCUT2D eigenvalue weighted by molar-refractivity contribution is 7.46. The van der Waals surface area contributed by atoms with Gasteiger partial charge in [-0.1, -0.05) is 0 Å². The van der Waals surface area contributed by atoms with Gasteiger partial charge in [0.15, 0.2) is 17.4 Å². The highest BCUT2D eigenvalue weighted by atomic mass is 31.2. The lowest BCUT2D eigenvalue weighted by Gasteiger charge is -2.22. The molecule has 0 aromatic carbocycles. The zero-order chi connectivity index (χ0) is 18.5. The molecule has 0 radical (unpaired) electrons. The second-order valence-electron chi connectivity index (χ2n) is 5.46. The molecule has 0 unspecified atom stereocenters. The molecule has 4 atom stereocenters. The molecule has 1 saturated heterocycles. The number of hydrogen-bond acceptors (Lipinski definition) is 9. The third kappa shape index (κ3) is 3.06. The van der Waals surface area contributed by atoms with Crippen molar-refractivity contribution in [1.82, 2.24) is 19.1 Å². The van der Waals surface area contributed by atoms with Crippen LogP contribution in [0.4, 0.5) is 5.95 Å². The predicted octanol–water partition coefficient (Wildman–Crippen LogP) is -2.56. The van der Waals surface area contributed by atoms with Gasteiger partial charge in [-0.15, -0.1) is 0 Å². The number of hydrogen-bond donors (Lipinski definition) is 5. The standard InChI is InChI=1S/C11H16N5O8P/c1-15-9(19)5-8(14-11(15)12)16(3-13-5)10-7(24-25(20,21)22)6(18)4(2-17)23-10/h3-4,6-7,10,17-18H,2H2,1H3,(H2,12,14)(H2,20,21,22)/t4-,6-,7-,10-/m1/s1. The lowest BCUT2D eigenvalue weighted by molar-refractivity contribution is -0.0505. The molecule has 0 spiro atoms. The molecule has 0 bridgehead atoms. The van der Waals surface area contributed by atoms with E-state index in [1.165, 1.54) is 7.05 Å². The Balaban J connectivity index is 2.11. The van der Waals surface area contributed by atoms with Gasteiger partial charge in [0.05, 0.1) is 12.9 Å². The van der Waals surface area contributed by atoms with Gasteiger partial charge in [0.25, 0.3) is 5.56 Å². The summed E-state index contributed by atoms with van der Waals surface area (Å²) in [6.45, 7) is -0.622. The fourth-order valence-electron chi connectivity index (χ4n) is 2.61. The first-order chi connectivity index (χ1) is 11.6. The van der Waals surface area contributed by atoms with Crippen molar-refractivity contribution >= 4 is 24.9 Å². The van der Waals surface area contributed by atoms with E-state index in [-0.39, 0.29) is 17.1 Å². The van der Waals surface area contributed by atoms with Crippen LogP contribution in [-0.2, 0) is 20.9 Å². The first-order valence-corrected chi connectivity index (χ1v) is 8.54. The summed E-state index contributed by atoms with van der Waals surface area (Å²) in [5.74, 6) is -0.121. The van der Waals surface area contributed by atoms with E-state index in [1.54, 1.807) is 0 Å². The van der Waals surface area contributed by atoms with Crippen LogP contribution in [-0.4, -0.2) is 64.0 Å². The molecule has 2 aromatic heterocycles. The number of aromatic nitrogens is 4. The van der Waals surface area contributed by atoms with Gasteiger partial charge in [0.1, 0.15) is 18.3 Å². The summed E-state index contributed by atoms with van der Waals surface area (Å²) in [6.07, 6.45) is -4.40. The Hall–Kier alpha value is -1.86. The van der Waals surface area contributed by atoms with Crippen LogP contribution in [0.5, 0.6) is 0 Å². The second-order valence-corrected chi connectivity index (χ2v) is 6.65. The van der Waals surface area contributed by atoms with Crippen LogP contribution in [0, 0.1) is 0 Å². The van der Waals surface area contributed by atoms with Crippen LogP contribution in [0.25, 0.3) is 11.2 Å². The van der Waals surface area contributed by atoms with E-state index in [4.69, 9.17) is 20.3 Å². The molecule has 0 aliphatic carbocycles. The van der Waals surface area contributed by atoms with Crippen molar-refractivity contribution in [3.63, 3.8) is 0 Å². The molecule has 1 aliphatic heterocycles. The molecule has 2 aromatic rings. The summed E-state index contributed by atoms with van der Waals surface area (Å²) < 4.78 is 23.4. The Morgan fingerprint density at radius 3 is 2.76 bits per heavy atom. The van der Waals surface area contributed by atoms with E-state index in [0.29, 0.717) is 0 Å². The molecule has 3 rings (SSSR count). The van der Waals surface area contributed by atoms with Gasteiger partial charge in [-0.05, 0) is 0 Å². The lowest BCUT2D eigenvalue weighted by Crippen LogP contribution is -2.35. The van der Waals surface area contributed by atoms with Crippen molar-refractivity contribution in [3.8, 4) is 0 Å². The van der Waals surface area contributed by atoms with Crippen molar-refractivity contribution < 1.29 is 33.8 Å². The molecule has 25 heavy (non-hydrogen) atoms. The quantitative estimate of drug-likeness (QED) is 0.352. The van der Waals surface area contributed by atoms with E-state index in [1.807, 2.05) is 0 Å². The van der Waals surface area contributed by atoms with Crippen molar-refractivity contribution in [2.45, 2.75) is 24.5 Å². The fraction of sp³-hybridized carbons (Fsp3) is 0.545. The summed E-state index contributed by atoms with van der Waals surface area (Å²) >= 11 is 0. The van der Waals surface area contributed by atoms with E-state index < -0.39 is 44.5 Å². The number of aliphatic hydroxyl groups is 2. The molecule has 13 nitrogen and oxygen atoms in total. The van der Waals surface area contributed by atoms with Crippen molar-refractivity contribution in [2.75, 3.05) is 12.3 Å². The van der Waals surface area contributed by atoms with Crippen molar-refractivity contribution in [3.05, 3.63) is 16.7 Å². The van der Waals surface area contributed by atoms with Gasteiger partial charge >= 0.3 is 7.82 Å². The largest absolute Gasteiger partial charge is 0.470 e. The summed E-state index contributed by atoms with van der Waals surface area (Å²) in [4.78, 5) is 38.2. The van der Waals surface area contributed by atoms with Gasteiger partial charge in [-0.25, -0.2) is 9.55 Å². The van der Waals surface area contributed by atoms with E-state index >= 15 is 0 Å². The number of nitrogen functional groups attached to an aromatic ring is 1. The van der Waals surface area contributed by atoms with Gasteiger partial charge in [-0.2, -0.15) is 4.98 Å². The molecule has 0 saturated carbocycles. The number of ether oxygens (including phenoxy) is 1. The van der Waals surface area contributed by atoms with Gasteiger partial charge < -0.3 is 30.5 Å². The van der Waals surface area contributed by atoms with Crippen LogP contribution in [0.2, 0.25) is 0 Å². The monoisotopic (exact) mass is 377 g/mol. The van der Waals surface area contributed by atoms with Crippen LogP contribution in [0.1, 0.15) is 6.23 Å². The molecule has 1 aliphatic rings. The first kappa shape index (κ1) is 17.9. The number of fused-ring (bicyclic) bond motifs is 1. The number of aliphatic hydroxyl groups excluding tert-OH is 2. The topological polar surface area (TPSA) is 195 Å². The molecule has 0 amide bonds. The smallest absolute Gasteiger partial charge is 0.394 e. The second kappa shape index (κ2) is 6.14. The Morgan fingerprint density at radius 2 is 2.16 bits per heavy atom. The van der Waals surface area contributed by atoms with Crippen LogP contribution in [0.15, 0.2) is 11.1 Å². The molecule has 138 valence electrons. The maximum absolute atomic E-state index is 12.2. The SMILES string of the molecule is Cn1c(N)nc2c(ncn2[C@@H]2O[C@H](CO)[C@@H](O)[C@H]2OP(=O)(O)O)c1=O. The minimum absolute atomic E-state index is 0.0179. The Morgan fingerprint density at radius 1 is 1.48 bits per heavy atom. The molecular formula is C11H16N5O8P. The molecule has 1 fully saturated rings. The number of nitrogens with two attached hydrogens (primary N) is 1. The van der Waals surface area contributed by atoms with E-state index in [0.717, 1.165) is 15.5 Å². The maximum atomic E-state index is 12.2. The number of phosphoric acid groups is 1.